The lowest BCUT2D eigenvalue weighted by Gasteiger charge is -2.20. The number of aromatic nitrogens is 4. The van der Waals surface area contributed by atoms with Gasteiger partial charge in [-0.2, -0.15) is 0 Å². The zero-order valence-electron chi connectivity index (χ0n) is 11.1. The van der Waals surface area contributed by atoms with Crippen LogP contribution in [0.1, 0.15) is 6.42 Å². The van der Waals surface area contributed by atoms with Gasteiger partial charge >= 0.3 is 0 Å². The van der Waals surface area contributed by atoms with Crippen LogP contribution in [0.15, 0.2) is 24.4 Å². The predicted molar refractivity (Wildman–Crippen MR) is 73.9 cm³/mol. The first-order chi connectivity index (χ1) is 9.36. The molecule has 0 bridgehead atoms. The minimum absolute atomic E-state index is 0.813. The first-order valence-corrected chi connectivity index (χ1v) is 6.63. The molecule has 6 nitrogen and oxygen atoms in total. The lowest BCUT2D eigenvalue weighted by molar-refractivity contribution is 0.724. The van der Waals surface area contributed by atoms with E-state index >= 15 is 0 Å². The highest BCUT2D eigenvalue weighted by molar-refractivity contribution is 5.52. The Balaban J connectivity index is 1.90. The minimum Gasteiger partial charge on any atom is -0.340 e. The van der Waals surface area contributed by atoms with Crippen LogP contribution < -0.4 is 10.2 Å². The summed E-state index contributed by atoms with van der Waals surface area (Å²) in [5, 5.41) is 12.0. The second-order valence-corrected chi connectivity index (χ2v) is 4.69. The quantitative estimate of drug-likeness (QED) is 0.858. The van der Waals surface area contributed by atoms with Crippen LogP contribution >= 0.6 is 0 Å². The molecule has 2 aromatic rings. The summed E-state index contributed by atoms with van der Waals surface area (Å²) in [6.45, 7) is 4.04. The monoisotopic (exact) mass is 258 g/mol. The molecule has 0 radical (unpaired) electrons. The third-order valence-electron chi connectivity index (χ3n) is 3.37. The van der Waals surface area contributed by atoms with Gasteiger partial charge in [0.05, 0.1) is 0 Å². The highest BCUT2D eigenvalue weighted by Crippen LogP contribution is 2.19. The molecule has 0 aliphatic carbocycles. The molecule has 1 N–H and O–H groups in total. The van der Waals surface area contributed by atoms with Gasteiger partial charge in [-0.05, 0) is 25.1 Å². The number of nitrogens with zero attached hydrogens (tertiary/aromatic N) is 5. The van der Waals surface area contributed by atoms with Crippen LogP contribution in [0.25, 0.3) is 11.5 Å². The second-order valence-electron chi connectivity index (χ2n) is 4.69. The van der Waals surface area contributed by atoms with Crippen molar-refractivity contribution in [3.05, 3.63) is 24.4 Å². The van der Waals surface area contributed by atoms with E-state index < -0.39 is 0 Å². The second kappa shape index (κ2) is 5.36. The van der Waals surface area contributed by atoms with Crippen molar-refractivity contribution in [2.24, 2.45) is 7.05 Å². The topological polar surface area (TPSA) is 58.9 Å². The molecule has 100 valence electrons. The van der Waals surface area contributed by atoms with Crippen LogP contribution in [0.2, 0.25) is 0 Å². The van der Waals surface area contributed by atoms with Crippen molar-refractivity contribution in [3.8, 4) is 11.5 Å². The van der Waals surface area contributed by atoms with Gasteiger partial charge in [0.1, 0.15) is 5.69 Å². The summed E-state index contributed by atoms with van der Waals surface area (Å²) in [6, 6.07) is 5.82. The SMILES string of the molecule is Cn1c(-c2ccccn2)nnc1N1CCCNCC1. The molecule has 1 aliphatic heterocycles. The number of anilines is 1. The van der Waals surface area contributed by atoms with E-state index in [9.17, 15) is 0 Å². The van der Waals surface area contributed by atoms with Gasteiger partial charge in [-0.1, -0.05) is 6.07 Å². The maximum atomic E-state index is 4.33. The van der Waals surface area contributed by atoms with Crippen molar-refractivity contribution in [2.45, 2.75) is 6.42 Å². The number of pyridine rings is 1. The van der Waals surface area contributed by atoms with Crippen LogP contribution in [0.5, 0.6) is 0 Å². The Hall–Kier alpha value is -1.95. The molecule has 6 heteroatoms. The summed E-state index contributed by atoms with van der Waals surface area (Å²) in [4.78, 5) is 6.61. The molecule has 3 rings (SSSR count). The normalized spacial score (nSPS) is 16.4. The van der Waals surface area contributed by atoms with Crippen molar-refractivity contribution in [1.82, 2.24) is 25.1 Å². The lowest BCUT2D eigenvalue weighted by Crippen LogP contribution is -2.30. The van der Waals surface area contributed by atoms with Crippen molar-refractivity contribution in [3.63, 3.8) is 0 Å². The molecule has 1 aliphatic rings. The molecule has 2 aromatic heterocycles. The molecule has 0 amide bonds. The standard InChI is InChI=1S/C13H18N6/c1-18-12(11-5-2-3-7-15-11)16-17-13(18)19-9-4-6-14-8-10-19/h2-3,5,7,14H,4,6,8-10H2,1H3. The molecule has 19 heavy (non-hydrogen) atoms. The van der Waals surface area contributed by atoms with Crippen molar-refractivity contribution in [2.75, 3.05) is 31.1 Å². The van der Waals surface area contributed by atoms with Crippen LogP contribution in [-0.2, 0) is 7.05 Å². The Labute approximate surface area is 112 Å². The van der Waals surface area contributed by atoms with E-state index in [0.29, 0.717) is 0 Å². The summed E-state index contributed by atoms with van der Waals surface area (Å²) < 4.78 is 2.02. The molecular formula is C13H18N6. The fourth-order valence-corrected chi connectivity index (χ4v) is 2.36. The maximum Gasteiger partial charge on any atom is 0.227 e. The Kier molecular flexibility index (Phi) is 3.41. The summed E-state index contributed by atoms with van der Waals surface area (Å²) in [5.74, 6) is 1.73. The molecule has 0 aromatic carbocycles. The number of nitrogens with one attached hydrogen (secondary N) is 1. The van der Waals surface area contributed by atoms with E-state index in [1.165, 1.54) is 0 Å². The van der Waals surface area contributed by atoms with Gasteiger partial charge in [0.25, 0.3) is 0 Å². The first-order valence-electron chi connectivity index (χ1n) is 6.63. The Morgan fingerprint density at radius 2 is 2.11 bits per heavy atom. The molecule has 0 unspecified atom stereocenters. The maximum absolute atomic E-state index is 4.33. The van der Waals surface area contributed by atoms with Crippen molar-refractivity contribution in [1.29, 1.82) is 0 Å². The zero-order valence-corrected chi connectivity index (χ0v) is 11.1. The third kappa shape index (κ3) is 2.44. The van der Waals surface area contributed by atoms with E-state index in [1.54, 1.807) is 6.20 Å². The van der Waals surface area contributed by atoms with Gasteiger partial charge in [-0.25, -0.2) is 0 Å². The summed E-state index contributed by atoms with van der Waals surface area (Å²) >= 11 is 0. The van der Waals surface area contributed by atoms with E-state index in [1.807, 2.05) is 29.8 Å². The Morgan fingerprint density at radius 1 is 1.16 bits per heavy atom. The van der Waals surface area contributed by atoms with Crippen LogP contribution in [-0.4, -0.2) is 45.9 Å². The van der Waals surface area contributed by atoms with Crippen LogP contribution in [0, 0.1) is 0 Å². The van der Waals surface area contributed by atoms with Crippen LogP contribution in [0.4, 0.5) is 5.95 Å². The van der Waals surface area contributed by atoms with Gasteiger partial charge < -0.3 is 10.2 Å². The summed E-state index contributed by atoms with van der Waals surface area (Å²) in [6.07, 6.45) is 2.91. The van der Waals surface area contributed by atoms with Gasteiger partial charge in [0.2, 0.25) is 5.95 Å². The highest BCUT2D eigenvalue weighted by Gasteiger charge is 2.18. The minimum atomic E-state index is 0.813. The van der Waals surface area contributed by atoms with Gasteiger partial charge in [0, 0.05) is 32.9 Å². The van der Waals surface area contributed by atoms with Gasteiger partial charge in [-0.3, -0.25) is 9.55 Å². The number of hydrogen-bond donors (Lipinski definition) is 1. The molecule has 1 saturated heterocycles. The molecule has 0 saturated carbocycles. The molecule has 0 spiro atoms. The van der Waals surface area contributed by atoms with Gasteiger partial charge in [-0.15, -0.1) is 10.2 Å². The third-order valence-corrected chi connectivity index (χ3v) is 3.37. The van der Waals surface area contributed by atoms with Crippen molar-refractivity contribution >= 4 is 5.95 Å². The molecule has 1 fully saturated rings. The molecular weight excluding hydrogens is 240 g/mol. The first kappa shape index (κ1) is 12.1. The fourth-order valence-electron chi connectivity index (χ4n) is 2.36. The predicted octanol–water partition coefficient (Wildman–Crippen LogP) is 0.677. The van der Waals surface area contributed by atoms with Crippen LogP contribution in [0.3, 0.4) is 0 Å². The highest BCUT2D eigenvalue weighted by atomic mass is 15.4. The zero-order chi connectivity index (χ0) is 13.1. The average Bonchev–Trinajstić information content (AvgIpc) is 2.67. The van der Waals surface area contributed by atoms with E-state index in [2.05, 4.69) is 25.4 Å². The Bertz CT molecular complexity index is 527. The molecule has 0 atom stereocenters. The smallest absolute Gasteiger partial charge is 0.227 e. The van der Waals surface area contributed by atoms with Crippen molar-refractivity contribution < 1.29 is 0 Å². The van der Waals surface area contributed by atoms with Gasteiger partial charge in [0.15, 0.2) is 5.82 Å². The number of hydrogen-bond acceptors (Lipinski definition) is 5. The largest absolute Gasteiger partial charge is 0.340 e. The fraction of sp³-hybridized carbons (Fsp3) is 0.462. The number of rotatable bonds is 2. The summed E-state index contributed by atoms with van der Waals surface area (Å²) in [7, 11) is 2.00. The van der Waals surface area contributed by atoms with E-state index in [-0.39, 0.29) is 0 Å². The summed E-state index contributed by atoms with van der Waals surface area (Å²) in [5.41, 5.74) is 0.858. The Morgan fingerprint density at radius 3 is 2.95 bits per heavy atom. The average molecular weight is 258 g/mol. The molecule has 3 heterocycles. The lowest BCUT2D eigenvalue weighted by atomic mass is 10.3. The van der Waals surface area contributed by atoms with E-state index in [4.69, 9.17) is 0 Å². The van der Waals surface area contributed by atoms with E-state index in [0.717, 1.165) is 50.1 Å².